The highest BCUT2D eigenvalue weighted by molar-refractivity contribution is 5.83. The van der Waals surface area contributed by atoms with Crippen LogP contribution in [0.4, 0.5) is 0 Å². The zero-order valence-corrected chi connectivity index (χ0v) is 12.4. The first kappa shape index (κ1) is 18.5. The quantitative estimate of drug-likeness (QED) is 0.238. The van der Waals surface area contributed by atoms with Gasteiger partial charge in [0.15, 0.2) is 0 Å². The van der Waals surface area contributed by atoms with Crippen LogP contribution in [-0.4, -0.2) is 29.8 Å². The molecule has 0 radical (unpaired) electrons. The van der Waals surface area contributed by atoms with Crippen LogP contribution >= 0.6 is 0 Å². The molecule has 0 amide bonds. The second kappa shape index (κ2) is 11.4. The normalized spacial score (nSPS) is 11.9. The molecule has 0 saturated carbocycles. The Morgan fingerprint density at radius 2 is 1.70 bits per heavy atom. The Labute approximate surface area is 120 Å². The zero-order valence-electron chi connectivity index (χ0n) is 12.4. The third-order valence-corrected chi connectivity index (χ3v) is 3.25. The topological polar surface area (TPSA) is 86.5 Å². The highest BCUT2D eigenvalue weighted by Gasteiger charge is 2.29. The predicted molar refractivity (Wildman–Crippen MR) is 75.0 cm³/mol. The van der Waals surface area contributed by atoms with E-state index in [1.54, 1.807) is 0 Å². The van der Waals surface area contributed by atoms with Crippen LogP contribution in [0.2, 0.25) is 0 Å². The summed E-state index contributed by atoms with van der Waals surface area (Å²) in [6.45, 7) is 2.13. The smallest absolute Gasteiger partial charge is 0.305 e. The van der Waals surface area contributed by atoms with Crippen molar-refractivity contribution in [2.45, 2.75) is 70.8 Å². The van der Waals surface area contributed by atoms with Crippen LogP contribution in [0.15, 0.2) is 0 Å². The molecular weight excluding hydrogens is 262 g/mol. The average Bonchev–Trinajstić information content (AvgIpc) is 2.42. The summed E-state index contributed by atoms with van der Waals surface area (Å²) in [4.78, 5) is 33.0. The van der Waals surface area contributed by atoms with Gasteiger partial charge in [0.05, 0.1) is 13.5 Å². The molecule has 0 aliphatic rings. The van der Waals surface area contributed by atoms with Crippen molar-refractivity contribution in [1.29, 1.82) is 0 Å². The third kappa shape index (κ3) is 8.61. The molecule has 0 spiro atoms. The Hall–Kier alpha value is -1.46. The Bertz CT molecular complexity index is 317. The molecule has 0 bridgehead atoms. The summed E-state index contributed by atoms with van der Waals surface area (Å²) < 4.78 is 4.42. The second-order valence-electron chi connectivity index (χ2n) is 4.90. The molecular formula is C14H25NO5. The minimum Gasteiger partial charge on any atom is -0.469 e. The molecule has 1 unspecified atom stereocenters. The lowest BCUT2D eigenvalue weighted by atomic mass is 10.0. The number of Topliss-reactive ketones (excluding diaryl/α,β-unsaturated/α-hetero) is 1. The molecule has 0 aromatic heterocycles. The zero-order chi connectivity index (χ0) is 15.4. The number of ether oxygens (including phenoxy) is 1. The number of esters is 1. The average molecular weight is 287 g/mol. The predicted octanol–water partition coefficient (Wildman–Crippen LogP) is 2.90. The van der Waals surface area contributed by atoms with Gasteiger partial charge < -0.3 is 4.74 Å². The maximum Gasteiger partial charge on any atom is 0.305 e. The summed E-state index contributed by atoms with van der Waals surface area (Å²) in [6, 6.07) is -1.27. The standard InChI is InChI=1S/C14H25NO5/c1-3-4-5-6-7-8-9-13(16)12(15(18)19)10-11-14(17)20-2/h12H,3-11H2,1-2H3. The largest absolute Gasteiger partial charge is 0.469 e. The van der Waals surface area contributed by atoms with Gasteiger partial charge in [0.2, 0.25) is 5.78 Å². The van der Waals surface area contributed by atoms with Crippen molar-refractivity contribution < 1.29 is 19.2 Å². The van der Waals surface area contributed by atoms with E-state index in [2.05, 4.69) is 11.7 Å². The third-order valence-electron chi connectivity index (χ3n) is 3.25. The molecule has 0 rings (SSSR count). The lowest BCUT2D eigenvalue weighted by Crippen LogP contribution is -2.30. The molecule has 0 aromatic rings. The van der Waals surface area contributed by atoms with Gasteiger partial charge in [-0.15, -0.1) is 0 Å². The summed E-state index contributed by atoms with van der Waals surface area (Å²) in [5, 5.41) is 10.8. The minimum absolute atomic E-state index is 0.0751. The highest BCUT2D eigenvalue weighted by Crippen LogP contribution is 2.11. The van der Waals surface area contributed by atoms with Gasteiger partial charge in [0, 0.05) is 17.8 Å². The number of carbonyl (C=O) groups is 2. The molecule has 1 atom stereocenters. The monoisotopic (exact) mass is 287 g/mol. The van der Waals surface area contributed by atoms with Gasteiger partial charge in [0.25, 0.3) is 6.04 Å². The summed E-state index contributed by atoms with van der Waals surface area (Å²) in [5.41, 5.74) is 0. The van der Waals surface area contributed by atoms with Gasteiger partial charge in [-0.2, -0.15) is 0 Å². The molecule has 6 nitrogen and oxygen atoms in total. The van der Waals surface area contributed by atoms with E-state index in [0.717, 1.165) is 25.7 Å². The van der Waals surface area contributed by atoms with Crippen molar-refractivity contribution in [2.75, 3.05) is 7.11 Å². The number of rotatable bonds is 12. The van der Waals surface area contributed by atoms with Crippen molar-refractivity contribution in [1.82, 2.24) is 0 Å². The van der Waals surface area contributed by atoms with Crippen molar-refractivity contribution in [2.24, 2.45) is 0 Å². The van der Waals surface area contributed by atoms with Crippen molar-refractivity contribution in [3.63, 3.8) is 0 Å². The Morgan fingerprint density at radius 3 is 2.25 bits per heavy atom. The molecule has 20 heavy (non-hydrogen) atoms. The van der Waals surface area contributed by atoms with Crippen LogP contribution in [0.1, 0.15) is 64.7 Å². The number of ketones is 1. The van der Waals surface area contributed by atoms with Gasteiger partial charge in [-0.25, -0.2) is 0 Å². The van der Waals surface area contributed by atoms with Crippen LogP contribution in [0.25, 0.3) is 0 Å². The van der Waals surface area contributed by atoms with Gasteiger partial charge in [-0.05, 0) is 6.42 Å². The summed E-state index contributed by atoms with van der Waals surface area (Å²) >= 11 is 0. The Balaban J connectivity index is 3.98. The number of unbranched alkanes of at least 4 members (excludes halogenated alkanes) is 5. The second-order valence-corrected chi connectivity index (χ2v) is 4.90. The van der Waals surface area contributed by atoms with E-state index < -0.39 is 16.9 Å². The van der Waals surface area contributed by atoms with E-state index in [9.17, 15) is 19.7 Å². The number of nitro groups is 1. The minimum atomic E-state index is -1.27. The summed E-state index contributed by atoms with van der Waals surface area (Å²) in [6.07, 6.45) is 6.22. The highest BCUT2D eigenvalue weighted by atomic mass is 16.6. The van der Waals surface area contributed by atoms with E-state index in [4.69, 9.17) is 0 Å². The van der Waals surface area contributed by atoms with Crippen molar-refractivity contribution in [3.8, 4) is 0 Å². The van der Waals surface area contributed by atoms with Crippen LogP contribution < -0.4 is 0 Å². The van der Waals surface area contributed by atoms with Gasteiger partial charge in [0.1, 0.15) is 0 Å². The first-order valence-corrected chi connectivity index (χ1v) is 7.26. The van der Waals surface area contributed by atoms with E-state index in [-0.39, 0.29) is 25.0 Å². The molecule has 116 valence electrons. The number of carbonyl (C=O) groups excluding carboxylic acids is 2. The van der Waals surface area contributed by atoms with Gasteiger partial charge >= 0.3 is 5.97 Å². The lowest BCUT2D eigenvalue weighted by molar-refractivity contribution is -0.508. The number of hydrogen-bond acceptors (Lipinski definition) is 5. The fourth-order valence-electron chi connectivity index (χ4n) is 1.99. The van der Waals surface area contributed by atoms with Crippen LogP contribution in [0.3, 0.4) is 0 Å². The Kier molecular flexibility index (Phi) is 10.5. The first-order valence-electron chi connectivity index (χ1n) is 7.26. The molecule has 0 saturated heterocycles. The summed E-state index contributed by atoms with van der Waals surface area (Å²) in [7, 11) is 1.22. The summed E-state index contributed by atoms with van der Waals surface area (Å²) in [5.74, 6) is -0.904. The number of methoxy groups -OCH3 is 1. The van der Waals surface area contributed by atoms with Crippen LogP contribution in [0.5, 0.6) is 0 Å². The van der Waals surface area contributed by atoms with Crippen molar-refractivity contribution >= 4 is 11.8 Å². The maximum absolute atomic E-state index is 11.8. The lowest BCUT2D eigenvalue weighted by Gasteiger charge is -2.08. The SMILES string of the molecule is CCCCCCCCC(=O)C(CCC(=O)OC)[N+](=O)[O-]. The van der Waals surface area contributed by atoms with Crippen molar-refractivity contribution in [3.05, 3.63) is 10.1 Å². The molecule has 0 aliphatic heterocycles. The van der Waals surface area contributed by atoms with E-state index >= 15 is 0 Å². The fraction of sp³-hybridized carbons (Fsp3) is 0.857. The van der Waals surface area contributed by atoms with E-state index in [0.29, 0.717) is 6.42 Å². The molecule has 6 heteroatoms. The van der Waals surface area contributed by atoms with Crippen LogP contribution in [-0.2, 0) is 14.3 Å². The van der Waals surface area contributed by atoms with E-state index in [1.165, 1.54) is 13.5 Å². The Morgan fingerprint density at radius 1 is 1.10 bits per heavy atom. The molecule has 0 aliphatic carbocycles. The van der Waals surface area contributed by atoms with E-state index in [1.807, 2.05) is 0 Å². The molecule has 0 heterocycles. The van der Waals surface area contributed by atoms with Crippen LogP contribution in [0, 0.1) is 10.1 Å². The van der Waals surface area contributed by atoms with Gasteiger partial charge in [-0.3, -0.25) is 19.7 Å². The molecule has 0 aromatic carbocycles. The molecule has 0 fully saturated rings. The maximum atomic E-state index is 11.8. The number of nitrogens with zero attached hydrogens (tertiary/aromatic N) is 1. The molecule has 0 N–H and O–H groups in total. The van der Waals surface area contributed by atoms with Gasteiger partial charge in [-0.1, -0.05) is 39.0 Å². The first-order chi connectivity index (χ1) is 9.52. The fourth-order valence-corrected chi connectivity index (χ4v) is 1.99. The number of hydrogen-bond donors (Lipinski definition) is 0.